The van der Waals surface area contributed by atoms with Crippen molar-refractivity contribution in [2.75, 3.05) is 18.9 Å². The molecule has 0 amide bonds. The van der Waals surface area contributed by atoms with Crippen LogP contribution < -0.4 is 21.2 Å². The quantitative estimate of drug-likeness (QED) is 0.0600. The molecule has 0 saturated carbocycles. The van der Waals surface area contributed by atoms with Crippen molar-refractivity contribution < 1.29 is 30.0 Å². The monoisotopic (exact) mass is 632 g/mol. The summed E-state index contributed by atoms with van der Waals surface area (Å²) in [6.45, 7) is 5.82. The Labute approximate surface area is 244 Å². The summed E-state index contributed by atoms with van der Waals surface area (Å²) in [7, 11) is -0.696. The van der Waals surface area contributed by atoms with Gasteiger partial charge >= 0.3 is 5.97 Å². The van der Waals surface area contributed by atoms with Crippen molar-refractivity contribution in [3.05, 3.63) is 134 Å². The Morgan fingerprint density at radius 2 is 0.974 bits per heavy atom. The van der Waals surface area contributed by atoms with E-state index in [1.54, 1.807) is 0 Å². The summed E-state index contributed by atoms with van der Waals surface area (Å²) in [5, 5.41) is 5.89. The third kappa shape index (κ3) is 10.8. The van der Waals surface area contributed by atoms with E-state index in [1.165, 1.54) is 39.6 Å². The number of benzene rings is 4. The first kappa shape index (κ1) is 31.8. The van der Waals surface area contributed by atoms with Crippen molar-refractivity contribution in [3.63, 3.8) is 0 Å². The molecule has 4 rings (SSSR count). The van der Waals surface area contributed by atoms with Gasteiger partial charge in [0.2, 0.25) is 0 Å². The summed E-state index contributed by atoms with van der Waals surface area (Å²) < 4.78 is 4.67. The first-order valence-corrected chi connectivity index (χ1v) is 15.8. The molecule has 0 aromatic heterocycles. The predicted octanol–water partition coefficient (Wildman–Crippen LogP) is 6.77. The van der Waals surface area contributed by atoms with Crippen molar-refractivity contribution in [2.24, 2.45) is 0 Å². The van der Waals surface area contributed by atoms with Crippen molar-refractivity contribution in [1.29, 1.82) is 0 Å². The van der Waals surface area contributed by atoms with E-state index in [9.17, 15) is 4.79 Å². The van der Waals surface area contributed by atoms with Gasteiger partial charge in [0.1, 0.15) is 0 Å². The van der Waals surface area contributed by atoms with Gasteiger partial charge in [-0.2, -0.15) is 0 Å². The number of carbonyl (C=O) groups excluding carboxylic acids is 1. The smallest absolute Gasteiger partial charge is 0.330 e. The van der Waals surface area contributed by atoms with Gasteiger partial charge in [-0.25, -0.2) is 4.79 Å². The van der Waals surface area contributed by atoms with Crippen LogP contribution in [0.25, 0.3) is 0 Å². The normalized spacial score (nSPS) is 10.2. The van der Waals surface area contributed by atoms with E-state index >= 15 is 0 Å². The van der Waals surface area contributed by atoms with Crippen molar-refractivity contribution in [1.82, 2.24) is 0 Å². The summed E-state index contributed by atoms with van der Waals surface area (Å²) in [6.07, 6.45) is 5.57. The number of hydrogen-bond donors (Lipinski definition) is 0. The van der Waals surface area contributed by atoms with Crippen LogP contribution in [0.4, 0.5) is 0 Å². The van der Waals surface area contributed by atoms with Crippen molar-refractivity contribution >= 4 is 43.0 Å². The molecule has 4 aromatic carbocycles. The molecule has 0 aliphatic rings. The van der Waals surface area contributed by atoms with Crippen LogP contribution in [-0.4, -0.2) is 24.9 Å². The van der Waals surface area contributed by atoms with Crippen LogP contribution in [0.2, 0.25) is 0 Å². The zero-order valence-electron chi connectivity index (χ0n) is 21.9. The number of carbonyl (C=O) groups is 1. The molecular formula is C33H36O2P2Pd. The molecule has 0 bridgehead atoms. The fraction of sp³-hybridized carbons (Fsp3) is 0.182. The van der Waals surface area contributed by atoms with Crippen LogP contribution in [0.1, 0.15) is 19.8 Å². The molecule has 5 heteroatoms. The van der Waals surface area contributed by atoms with Gasteiger partial charge in [-0.05, 0) is 55.8 Å². The predicted molar refractivity (Wildman–Crippen MR) is 164 cm³/mol. The SMILES string of the molecule is C=CC(=O)OCCCC.[Pd].c1ccc(P(CCP(c2ccccc2)c2ccccc2)c2ccccc2)cc1. The van der Waals surface area contributed by atoms with Gasteiger partial charge in [0.05, 0.1) is 6.61 Å². The van der Waals surface area contributed by atoms with Crippen LogP contribution in [0, 0.1) is 0 Å². The van der Waals surface area contributed by atoms with E-state index in [4.69, 9.17) is 0 Å². The third-order valence-corrected chi connectivity index (χ3v) is 11.1. The molecule has 0 N–H and O–H groups in total. The number of rotatable bonds is 11. The van der Waals surface area contributed by atoms with E-state index in [-0.39, 0.29) is 42.2 Å². The molecule has 0 spiro atoms. The van der Waals surface area contributed by atoms with Gasteiger partial charge in [0.25, 0.3) is 0 Å². The molecule has 0 aliphatic heterocycles. The Morgan fingerprint density at radius 1 is 0.658 bits per heavy atom. The Morgan fingerprint density at radius 3 is 1.24 bits per heavy atom. The molecule has 0 fully saturated rings. The van der Waals surface area contributed by atoms with Gasteiger partial charge in [-0.15, -0.1) is 0 Å². The molecule has 0 radical (unpaired) electrons. The summed E-state index contributed by atoms with van der Waals surface area (Å²) in [4.78, 5) is 10.3. The molecule has 2 nitrogen and oxygen atoms in total. The van der Waals surface area contributed by atoms with Gasteiger partial charge < -0.3 is 4.74 Å². The number of ether oxygens (including phenoxy) is 1. The maximum atomic E-state index is 10.3. The van der Waals surface area contributed by atoms with Crippen molar-refractivity contribution in [3.8, 4) is 0 Å². The second kappa shape index (κ2) is 18.8. The largest absolute Gasteiger partial charge is 0.463 e. The maximum absolute atomic E-state index is 10.3. The summed E-state index contributed by atoms with van der Waals surface area (Å²) in [5.41, 5.74) is 0. The topological polar surface area (TPSA) is 26.3 Å². The fourth-order valence-corrected chi connectivity index (χ4v) is 9.18. The van der Waals surface area contributed by atoms with E-state index in [2.05, 4.69) is 133 Å². The summed E-state index contributed by atoms with van der Waals surface area (Å²) >= 11 is 0. The van der Waals surface area contributed by atoms with Crippen molar-refractivity contribution in [2.45, 2.75) is 19.8 Å². The van der Waals surface area contributed by atoms with E-state index in [0.29, 0.717) is 6.61 Å². The van der Waals surface area contributed by atoms with Crippen LogP contribution in [0.5, 0.6) is 0 Å². The Hall–Kier alpha value is -2.39. The summed E-state index contributed by atoms with van der Waals surface area (Å²) in [6, 6.07) is 44.2. The first-order chi connectivity index (χ1) is 18.2. The second-order valence-electron chi connectivity index (χ2n) is 8.37. The van der Waals surface area contributed by atoms with E-state index in [1.807, 2.05) is 6.92 Å². The van der Waals surface area contributed by atoms with Crippen LogP contribution in [-0.2, 0) is 30.0 Å². The van der Waals surface area contributed by atoms with Crippen LogP contribution in [0.15, 0.2) is 134 Å². The number of unbranched alkanes of at least 4 members (excludes halogenated alkanes) is 1. The molecule has 4 aromatic rings. The Bertz CT molecular complexity index is 1010. The molecule has 0 heterocycles. The Kier molecular flexibility index (Phi) is 15.7. The van der Waals surface area contributed by atoms with Gasteiger partial charge in [0, 0.05) is 26.5 Å². The number of esters is 1. The first-order valence-electron chi connectivity index (χ1n) is 12.8. The fourth-order valence-electron chi connectivity index (χ4n) is 3.82. The van der Waals surface area contributed by atoms with E-state index < -0.39 is 0 Å². The third-order valence-electron chi connectivity index (χ3n) is 5.73. The van der Waals surface area contributed by atoms with E-state index in [0.717, 1.165) is 12.8 Å². The molecule has 0 aliphatic carbocycles. The van der Waals surface area contributed by atoms with Crippen LogP contribution >= 0.6 is 15.8 Å². The second-order valence-corrected chi connectivity index (χ2v) is 13.0. The molecule has 0 saturated heterocycles. The maximum Gasteiger partial charge on any atom is 0.330 e. The zero-order valence-corrected chi connectivity index (χ0v) is 25.2. The zero-order chi connectivity index (χ0) is 26.1. The molecule has 38 heavy (non-hydrogen) atoms. The van der Waals surface area contributed by atoms with Crippen LogP contribution in [0.3, 0.4) is 0 Å². The standard InChI is InChI=1S/C26H24P2.C7H12O2.Pd/c1-5-13-23(14-6-1)27(24-15-7-2-8-16-24)21-22-28(25-17-9-3-10-18-25)26-19-11-4-12-20-26;1-3-5-6-9-7(8)4-2;/h1-20H,21-22H2;4H,2-3,5-6H2,1H3;. The number of hydrogen-bond acceptors (Lipinski definition) is 2. The van der Waals surface area contributed by atoms with Gasteiger partial charge in [0.15, 0.2) is 0 Å². The molecule has 200 valence electrons. The minimum atomic E-state index is -0.348. The summed E-state index contributed by atoms with van der Waals surface area (Å²) in [5.74, 6) is -0.330. The minimum absolute atomic E-state index is 0. The average molecular weight is 633 g/mol. The molecular weight excluding hydrogens is 597 g/mol. The van der Waals surface area contributed by atoms with Gasteiger partial charge in [-0.1, -0.05) is 141 Å². The molecule has 0 unspecified atom stereocenters. The minimum Gasteiger partial charge on any atom is -0.463 e. The van der Waals surface area contributed by atoms with Gasteiger partial charge in [-0.3, -0.25) is 0 Å². The average Bonchev–Trinajstić information content (AvgIpc) is 2.97. The Balaban J connectivity index is 0.000000439. The molecule has 0 atom stereocenters.